The van der Waals surface area contributed by atoms with E-state index in [1.54, 1.807) is 29.8 Å². The Hall–Kier alpha value is -3.46. The summed E-state index contributed by atoms with van der Waals surface area (Å²) >= 11 is 1.11. The number of carbonyl (C=O) groups excluding carboxylic acids is 3. The maximum Gasteiger partial charge on any atom is 0.350 e. The minimum absolute atomic E-state index is 0.159. The van der Waals surface area contributed by atoms with Gasteiger partial charge in [0.1, 0.15) is 16.2 Å². The number of methoxy groups -OCH3 is 1. The summed E-state index contributed by atoms with van der Waals surface area (Å²) < 4.78 is 10.1. The van der Waals surface area contributed by atoms with E-state index in [0.717, 1.165) is 11.3 Å². The molecule has 1 amide bonds. The van der Waals surface area contributed by atoms with Gasteiger partial charge in [-0.1, -0.05) is 0 Å². The number of rotatable bonds is 4. The second-order valence-corrected chi connectivity index (χ2v) is 7.47. The molecule has 1 aliphatic rings. The molecule has 148 valence electrons. The van der Waals surface area contributed by atoms with Gasteiger partial charge in [0.25, 0.3) is 11.5 Å². The van der Waals surface area contributed by atoms with Crippen molar-refractivity contribution in [3.05, 3.63) is 73.7 Å². The van der Waals surface area contributed by atoms with Gasteiger partial charge < -0.3 is 19.5 Å². The second kappa shape index (κ2) is 7.51. The number of aromatic amines is 1. The number of ketones is 1. The Balaban J connectivity index is 1.62. The predicted octanol–water partition coefficient (Wildman–Crippen LogP) is 2.98. The topological polar surface area (TPSA) is 118 Å². The first-order valence-electron chi connectivity index (χ1n) is 8.78. The zero-order valence-corrected chi connectivity index (χ0v) is 16.1. The number of amides is 1. The van der Waals surface area contributed by atoms with E-state index in [-0.39, 0.29) is 34.2 Å². The molecule has 0 saturated carbocycles. The Morgan fingerprint density at radius 2 is 2.10 bits per heavy atom. The molecule has 0 spiro atoms. The number of ether oxygens (including phenoxy) is 1. The van der Waals surface area contributed by atoms with Gasteiger partial charge in [0.15, 0.2) is 5.78 Å². The zero-order chi connectivity index (χ0) is 20.5. The molecular weight excluding hydrogens is 396 g/mol. The van der Waals surface area contributed by atoms with Gasteiger partial charge in [-0.25, -0.2) is 4.79 Å². The molecule has 1 unspecified atom stereocenters. The molecule has 0 aromatic carbocycles. The molecule has 3 aromatic rings. The lowest BCUT2D eigenvalue weighted by Crippen LogP contribution is -2.29. The molecule has 0 aliphatic heterocycles. The Morgan fingerprint density at radius 3 is 2.83 bits per heavy atom. The number of hydrogen-bond donors (Lipinski definition) is 2. The quantitative estimate of drug-likeness (QED) is 0.636. The van der Waals surface area contributed by atoms with E-state index in [4.69, 9.17) is 4.42 Å². The van der Waals surface area contributed by atoms with E-state index in [0.29, 0.717) is 23.4 Å². The molecule has 3 aromatic heterocycles. The summed E-state index contributed by atoms with van der Waals surface area (Å²) in [6, 6.07) is 6.40. The third-order valence-corrected chi connectivity index (χ3v) is 5.67. The molecule has 0 bridgehead atoms. The molecule has 3 heterocycles. The second-order valence-electron chi connectivity index (χ2n) is 6.56. The zero-order valence-electron chi connectivity index (χ0n) is 15.3. The maximum absolute atomic E-state index is 12.6. The number of hydrogen-bond acceptors (Lipinski definition) is 7. The van der Waals surface area contributed by atoms with Crippen molar-refractivity contribution >= 4 is 34.7 Å². The lowest BCUT2D eigenvalue weighted by molar-refractivity contribution is 0.0607. The summed E-state index contributed by atoms with van der Waals surface area (Å²) in [5.41, 5.74) is 0.235. The molecule has 9 heteroatoms. The smallest absolute Gasteiger partial charge is 0.350 e. The molecule has 0 radical (unpaired) electrons. The van der Waals surface area contributed by atoms with Crippen LogP contribution in [-0.4, -0.2) is 29.8 Å². The van der Waals surface area contributed by atoms with Crippen molar-refractivity contribution in [2.75, 3.05) is 12.4 Å². The number of esters is 1. The molecule has 1 atom stereocenters. The van der Waals surface area contributed by atoms with Gasteiger partial charge in [-0.3, -0.25) is 14.4 Å². The van der Waals surface area contributed by atoms with Gasteiger partial charge in [-0.05, 0) is 36.1 Å². The van der Waals surface area contributed by atoms with Gasteiger partial charge in [0.05, 0.1) is 19.1 Å². The van der Waals surface area contributed by atoms with Crippen LogP contribution in [0.3, 0.4) is 0 Å². The first-order chi connectivity index (χ1) is 14.0. The van der Waals surface area contributed by atoms with Crippen LogP contribution in [0.15, 0.2) is 45.1 Å². The van der Waals surface area contributed by atoms with E-state index < -0.39 is 17.4 Å². The Kier molecular flexibility index (Phi) is 4.89. The number of Topliss-reactive ketones (excluding diaryl/α,β-unsaturated/α-hetero) is 1. The predicted molar refractivity (Wildman–Crippen MR) is 105 cm³/mol. The summed E-state index contributed by atoms with van der Waals surface area (Å²) in [4.78, 5) is 52.4. The van der Waals surface area contributed by atoms with Gasteiger partial charge in [-0.2, -0.15) is 0 Å². The number of anilines is 1. The fraction of sp³-hybridized carbons (Fsp3) is 0.200. The number of pyridine rings is 1. The summed E-state index contributed by atoms with van der Waals surface area (Å²) in [5.74, 6) is -0.954. The van der Waals surface area contributed by atoms with Crippen LogP contribution >= 0.6 is 11.3 Å². The van der Waals surface area contributed by atoms with Gasteiger partial charge in [0.2, 0.25) is 0 Å². The highest BCUT2D eigenvalue weighted by atomic mass is 32.1. The van der Waals surface area contributed by atoms with Crippen LogP contribution in [-0.2, 0) is 11.2 Å². The van der Waals surface area contributed by atoms with E-state index >= 15 is 0 Å². The van der Waals surface area contributed by atoms with E-state index in [1.165, 1.54) is 13.2 Å². The van der Waals surface area contributed by atoms with Crippen LogP contribution in [0, 0.1) is 0 Å². The number of furan rings is 1. The maximum atomic E-state index is 12.6. The number of aromatic nitrogens is 1. The number of carbonyl (C=O) groups is 3. The number of fused-ring (bicyclic) bond motifs is 1. The van der Waals surface area contributed by atoms with Crippen LogP contribution in [0.25, 0.3) is 0 Å². The van der Waals surface area contributed by atoms with Gasteiger partial charge >= 0.3 is 5.97 Å². The highest BCUT2D eigenvalue weighted by Gasteiger charge is 2.30. The minimum Gasteiger partial charge on any atom is -0.469 e. The van der Waals surface area contributed by atoms with Crippen molar-refractivity contribution in [2.24, 2.45) is 0 Å². The van der Waals surface area contributed by atoms with Crippen LogP contribution < -0.4 is 10.9 Å². The molecular formula is C20H16N2O6S. The van der Waals surface area contributed by atoms with E-state index in [2.05, 4.69) is 15.0 Å². The van der Waals surface area contributed by atoms with Crippen LogP contribution in [0.1, 0.15) is 54.2 Å². The van der Waals surface area contributed by atoms with Gasteiger partial charge in [0, 0.05) is 23.6 Å². The molecule has 4 rings (SSSR count). The van der Waals surface area contributed by atoms with Crippen molar-refractivity contribution < 1.29 is 23.5 Å². The van der Waals surface area contributed by atoms with Crippen LogP contribution in [0.2, 0.25) is 0 Å². The molecule has 1 aliphatic carbocycles. The summed E-state index contributed by atoms with van der Waals surface area (Å²) in [5, 5.41) is 4.16. The van der Waals surface area contributed by atoms with E-state index in [1.807, 2.05) is 0 Å². The molecule has 8 nitrogen and oxygen atoms in total. The first-order valence-corrected chi connectivity index (χ1v) is 9.66. The summed E-state index contributed by atoms with van der Waals surface area (Å²) in [6.45, 7) is 0. The Bertz CT molecular complexity index is 1160. The average Bonchev–Trinajstić information content (AvgIpc) is 3.38. The lowest BCUT2D eigenvalue weighted by Gasteiger charge is -2.22. The first kappa shape index (κ1) is 18.9. The number of H-pyrrole nitrogens is 1. The normalized spacial score (nSPS) is 15.6. The van der Waals surface area contributed by atoms with Gasteiger partial charge in [-0.15, -0.1) is 11.3 Å². The molecule has 0 saturated heterocycles. The van der Waals surface area contributed by atoms with Crippen LogP contribution in [0.5, 0.6) is 0 Å². The number of nitrogens with one attached hydrogen (secondary N) is 2. The van der Waals surface area contributed by atoms with Crippen molar-refractivity contribution in [2.45, 2.75) is 18.8 Å². The standard InChI is InChI=1S/C20H16N2O6S/c1-27-20(26)17-13(4-6-29-17)21-18(24)12-9-11-14(22-19(12)25)7-10(8-15(11)23)16-3-2-5-28-16/h2-6,9-10H,7-8H2,1H3,(H,21,24)(H,22,25). The largest absolute Gasteiger partial charge is 0.469 e. The summed E-state index contributed by atoms with van der Waals surface area (Å²) in [7, 11) is 1.24. The third-order valence-electron chi connectivity index (χ3n) is 4.78. The summed E-state index contributed by atoms with van der Waals surface area (Å²) in [6.07, 6.45) is 2.20. The highest BCUT2D eigenvalue weighted by Crippen LogP contribution is 2.32. The monoisotopic (exact) mass is 412 g/mol. The van der Waals surface area contributed by atoms with Crippen LogP contribution in [0.4, 0.5) is 5.69 Å². The van der Waals surface area contributed by atoms with Crippen molar-refractivity contribution in [1.82, 2.24) is 4.98 Å². The fourth-order valence-corrected chi connectivity index (χ4v) is 4.14. The van der Waals surface area contributed by atoms with Crippen molar-refractivity contribution in [3.63, 3.8) is 0 Å². The van der Waals surface area contributed by atoms with Crippen molar-refractivity contribution in [3.8, 4) is 0 Å². The third kappa shape index (κ3) is 3.52. The average molecular weight is 412 g/mol. The highest BCUT2D eigenvalue weighted by molar-refractivity contribution is 7.12. The lowest BCUT2D eigenvalue weighted by atomic mass is 9.84. The molecule has 2 N–H and O–H groups in total. The van der Waals surface area contributed by atoms with Crippen molar-refractivity contribution in [1.29, 1.82) is 0 Å². The SMILES string of the molecule is COC(=O)c1sccc1NC(=O)c1cc2c([nH]c1=O)CC(c1ccco1)CC2=O. The number of thiophene rings is 1. The Labute approximate surface area is 168 Å². The van der Waals surface area contributed by atoms with E-state index in [9.17, 15) is 19.2 Å². The Morgan fingerprint density at radius 1 is 1.28 bits per heavy atom. The molecule has 0 fully saturated rings. The molecule has 29 heavy (non-hydrogen) atoms. The minimum atomic E-state index is -0.710. The fourth-order valence-electron chi connectivity index (χ4n) is 3.37.